The van der Waals surface area contributed by atoms with E-state index in [-0.39, 0.29) is 5.43 Å². The molecule has 0 amide bonds. The van der Waals surface area contributed by atoms with Gasteiger partial charge in [0.15, 0.2) is 17.2 Å². The van der Waals surface area contributed by atoms with E-state index in [4.69, 9.17) is 18.9 Å². The van der Waals surface area contributed by atoms with Crippen molar-refractivity contribution < 1.29 is 18.9 Å². The third-order valence-corrected chi connectivity index (χ3v) is 4.28. The summed E-state index contributed by atoms with van der Waals surface area (Å²) in [6.45, 7) is 0. The van der Waals surface area contributed by atoms with Crippen molar-refractivity contribution in [1.29, 1.82) is 0 Å². The van der Waals surface area contributed by atoms with Crippen molar-refractivity contribution in [1.82, 2.24) is 0 Å². The molecule has 5 nitrogen and oxygen atoms in total. The Morgan fingerprint density at radius 2 is 1.56 bits per heavy atom. The number of benzene rings is 1. The summed E-state index contributed by atoms with van der Waals surface area (Å²) in [4.78, 5) is 12.3. The van der Waals surface area contributed by atoms with E-state index < -0.39 is 0 Å². The fourth-order valence-corrected chi connectivity index (χ4v) is 3.14. The van der Waals surface area contributed by atoms with Gasteiger partial charge in [0.25, 0.3) is 0 Å². The standard InChI is InChI=1S/C20H20O5/c1-22-16-9-8-14-12(10-15(16)21)6-5-7-13-11-17(23-2)19(24-3)20(25-4)18(13)14/h5-6,8-11H,7H2,1-4H3. The van der Waals surface area contributed by atoms with Crippen LogP contribution in [-0.4, -0.2) is 28.4 Å². The van der Waals surface area contributed by atoms with E-state index in [1.165, 1.54) is 7.11 Å². The van der Waals surface area contributed by atoms with Crippen LogP contribution in [0.4, 0.5) is 0 Å². The van der Waals surface area contributed by atoms with Crippen LogP contribution in [0.5, 0.6) is 23.0 Å². The smallest absolute Gasteiger partial charge is 0.220 e. The molecule has 130 valence electrons. The Hall–Kier alpha value is -2.95. The van der Waals surface area contributed by atoms with Gasteiger partial charge in [0.1, 0.15) is 0 Å². The molecule has 0 unspecified atom stereocenters. The molecule has 0 saturated carbocycles. The van der Waals surface area contributed by atoms with Crippen molar-refractivity contribution in [2.75, 3.05) is 28.4 Å². The lowest BCUT2D eigenvalue weighted by Crippen LogP contribution is -2.01. The molecule has 0 atom stereocenters. The maximum absolute atomic E-state index is 12.3. The van der Waals surface area contributed by atoms with Crippen molar-refractivity contribution in [3.05, 3.63) is 51.7 Å². The summed E-state index contributed by atoms with van der Waals surface area (Å²) in [5, 5.41) is 0. The molecule has 0 saturated heterocycles. The Morgan fingerprint density at radius 3 is 2.20 bits per heavy atom. The predicted octanol–water partition coefficient (Wildman–Crippen LogP) is 3.32. The zero-order valence-corrected chi connectivity index (χ0v) is 14.7. The fraction of sp³-hybridized carbons (Fsp3) is 0.250. The number of hydrogen-bond acceptors (Lipinski definition) is 5. The van der Waals surface area contributed by atoms with Crippen LogP contribution in [0.3, 0.4) is 0 Å². The number of ether oxygens (including phenoxy) is 4. The van der Waals surface area contributed by atoms with Gasteiger partial charge in [-0.25, -0.2) is 0 Å². The van der Waals surface area contributed by atoms with Crippen molar-refractivity contribution >= 4 is 6.08 Å². The molecule has 0 radical (unpaired) electrons. The molecule has 0 bridgehead atoms. The van der Waals surface area contributed by atoms with E-state index >= 15 is 0 Å². The first-order valence-electron chi connectivity index (χ1n) is 7.85. The van der Waals surface area contributed by atoms with E-state index in [0.29, 0.717) is 29.4 Å². The highest BCUT2D eigenvalue weighted by Crippen LogP contribution is 2.48. The Balaban J connectivity index is 2.42. The summed E-state index contributed by atoms with van der Waals surface area (Å²) >= 11 is 0. The zero-order valence-electron chi connectivity index (χ0n) is 14.7. The van der Waals surface area contributed by atoms with Crippen LogP contribution in [0.2, 0.25) is 0 Å². The highest BCUT2D eigenvalue weighted by Gasteiger charge is 2.23. The van der Waals surface area contributed by atoms with Gasteiger partial charge < -0.3 is 18.9 Å². The maximum Gasteiger partial charge on any atom is 0.220 e. The minimum absolute atomic E-state index is 0.170. The van der Waals surface area contributed by atoms with Crippen LogP contribution < -0.4 is 24.4 Å². The second kappa shape index (κ2) is 6.89. The van der Waals surface area contributed by atoms with E-state index in [9.17, 15) is 4.79 Å². The van der Waals surface area contributed by atoms with Gasteiger partial charge in [-0.1, -0.05) is 12.2 Å². The highest BCUT2D eigenvalue weighted by molar-refractivity contribution is 5.86. The van der Waals surface area contributed by atoms with Crippen molar-refractivity contribution in [2.24, 2.45) is 0 Å². The van der Waals surface area contributed by atoms with Crippen LogP contribution in [0, 0.1) is 0 Å². The van der Waals surface area contributed by atoms with Crippen molar-refractivity contribution in [3.63, 3.8) is 0 Å². The third kappa shape index (κ3) is 2.82. The number of fused-ring (bicyclic) bond motifs is 3. The largest absolute Gasteiger partial charge is 0.493 e. The molecule has 0 N–H and O–H groups in total. The van der Waals surface area contributed by atoms with Crippen molar-refractivity contribution in [3.8, 4) is 34.1 Å². The molecular formula is C20H20O5. The first kappa shape index (κ1) is 16.9. The van der Waals surface area contributed by atoms with Gasteiger partial charge in [0, 0.05) is 5.56 Å². The molecule has 0 aliphatic heterocycles. The van der Waals surface area contributed by atoms with Crippen LogP contribution in [0.25, 0.3) is 17.2 Å². The second-order valence-corrected chi connectivity index (χ2v) is 5.57. The second-order valence-electron chi connectivity index (χ2n) is 5.57. The molecule has 5 heteroatoms. The molecule has 3 rings (SSSR count). The zero-order chi connectivity index (χ0) is 18.0. The number of allylic oxidation sites excluding steroid dienone is 1. The fourth-order valence-electron chi connectivity index (χ4n) is 3.14. The Labute approximate surface area is 146 Å². The van der Waals surface area contributed by atoms with Crippen LogP contribution in [0.1, 0.15) is 11.1 Å². The summed E-state index contributed by atoms with van der Waals surface area (Å²) in [7, 11) is 6.25. The molecule has 25 heavy (non-hydrogen) atoms. The quantitative estimate of drug-likeness (QED) is 0.855. The Kier molecular flexibility index (Phi) is 4.65. The molecule has 0 spiro atoms. The molecule has 0 heterocycles. The van der Waals surface area contributed by atoms with Gasteiger partial charge >= 0.3 is 0 Å². The average Bonchev–Trinajstić information content (AvgIpc) is 2.88. The topological polar surface area (TPSA) is 54.0 Å². The summed E-state index contributed by atoms with van der Waals surface area (Å²) in [5.74, 6) is 2.01. The highest BCUT2D eigenvalue weighted by atomic mass is 16.5. The predicted molar refractivity (Wildman–Crippen MR) is 97.1 cm³/mol. The van der Waals surface area contributed by atoms with Crippen molar-refractivity contribution in [2.45, 2.75) is 6.42 Å². The van der Waals surface area contributed by atoms with Crippen LogP contribution >= 0.6 is 0 Å². The average molecular weight is 340 g/mol. The van der Waals surface area contributed by atoms with Gasteiger partial charge in [-0.05, 0) is 47.4 Å². The van der Waals surface area contributed by atoms with Crippen LogP contribution in [-0.2, 0) is 6.42 Å². The van der Waals surface area contributed by atoms with Crippen LogP contribution in [0.15, 0.2) is 35.1 Å². The first-order valence-corrected chi connectivity index (χ1v) is 7.85. The van der Waals surface area contributed by atoms with E-state index in [1.807, 2.05) is 24.3 Å². The molecular weight excluding hydrogens is 320 g/mol. The molecule has 2 aromatic rings. The van der Waals surface area contributed by atoms with E-state index in [0.717, 1.165) is 22.3 Å². The normalized spacial score (nSPS) is 11.8. The van der Waals surface area contributed by atoms with Gasteiger partial charge in [-0.3, -0.25) is 4.79 Å². The number of methoxy groups -OCH3 is 4. The van der Waals surface area contributed by atoms with Gasteiger partial charge in [-0.2, -0.15) is 0 Å². The maximum atomic E-state index is 12.3. The number of hydrogen-bond donors (Lipinski definition) is 0. The van der Waals surface area contributed by atoms with Gasteiger partial charge in [-0.15, -0.1) is 0 Å². The lowest BCUT2D eigenvalue weighted by molar-refractivity contribution is 0.325. The molecule has 2 aromatic carbocycles. The minimum atomic E-state index is -0.170. The summed E-state index contributed by atoms with van der Waals surface area (Å²) in [6.07, 6.45) is 4.65. The SMILES string of the molecule is COc1cc2c(c(OC)c1OC)-c1ccc(OC)c(=O)cc1C=CC2. The molecule has 0 fully saturated rings. The van der Waals surface area contributed by atoms with E-state index in [1.54, 1.807) is 33.5 Å². The summed E-state index contributed by atoms with van der Waals surface area (Å²) in [6, 6.07) is 7.08. The first-order chi connectivity index (χ1) is 12.1. The van der Waals surface area contributed by atoms with Gasteiger partial charge in [0.2, 0.25) is 11.2 Å². The summed E-state index contributed by atoms with van der Waals surface area (Å²) < 4.78 is 21.8. The molecule has 1 aliphatic carbocycles. The van der Waals surface area contributed by atoms with Gasteiger partial charge in [0.05, 0.1) is 28.4 Å². The molecule has 1 aliphatic rings. The Morgan fingerprint density at radius 1 is 0.840 bits per heavy atom. The third-order valence-electron chi connectivity index (χ3n) is 4.28. The Bertz CT molecular complexity index is 899. The summed E-state index contributed by atoms with van der Waals surface area (Å²) in [5.41, 5.74) is 3.43. The minimum Gasteiger partial charge on any atom is -0.493 e. The lowest BCUT2D eigenvalue weighted by atomic mass is 9.96. The number of rotatable bonds is 4. The van der Waals surface area contributed by atoms with E-state index in [2.05, 4.69) is 0 Å². The lowest BCUT2D eigenvalue weighted by Gasteiger charge is -2.19. The monoisotopic (exact) mass is 340 g/mol. The molecule has 0 aromatic heterocycles.